The number of hydrogen-bond donors (Lipinski definition) is 1. The van der Waals surface area contributed by atoms with Crippen molar-refractivity contribution in [3.63, 3.8) is 0 Å². The van der Waals surface area contributed by atoms with Crippen LogP contribution in [0.15, 0.2) is 87.4 Å². The van der Waals surface area contributed by atoms with Crippen LogP contribution in [0.5, 0.6) is 0 Å². The van der Waals surface area contributed by atoms with Crippen molar-refractivity contribution >= 4 is 34.3 Å². The zero-order chi connectivity index (χ0) is 21.9. The standard InChI is InChI=1S/C23H19N5O3S/c29-20(24-13-17-9-6-12-31-17)15-32-23-26-25-22-27(14-16-7-2-1-3-8-16)21(30)18-10-4-5-11-19(18)28(22)23/h1-12H,13-15H2,(H,24,29). The summed E-state index contributed by atoms with van der Waals surface area (Å²) < 4.78 is 8.69. The zero-order valence-electron chi connectivity index (χ0n) is 17.0. The predicted octanol–water partition coefficient (Wildman–Crippen LogP) is 3.09. The van der Waals surface area contributed by atoms with E-state index in [2.05, 4.69) is 15.5 Å². The Labute approximate surface area is 186 Å². The summed E-state index contributed by atoms with van der Waals surface area (Å²) in [6.07, 6.45) is 1.57. The van der Waals surface area contributed by atoms with Gasteiger partial charge in [0.15, 0.2) is 5.16 Å². The molecule has 32 heavy (non-hydrogen) atoms. The summed E-state index contributed by atoms with van der Waals surface area (Å²) in [4.78, 5) is 25.5. The Morgan fingerprint density at radius 1 is 1.00 bits per heavy atom. The number of carbonyl (C=O) groups is 1. The number of hydrogen-bond acceptors (Lipinski definition) is 6. The molecule has 0 bridgehead atoms. The molecule has 5 aromatic rings. The maximum absolute atomic E-state index is 13.2. The fraction of sp³-hybridized carbons (Fsp3) is 0.130. The molecule has 1 N–H and O–H groups in total. The second-order valence-corrected chi connectivity index (χ2v) is 8.10. The van der Waals surface area contributed by atoms with Gasteiger partial charge in [0, 0.05) is 0 Å². The van der Waals surface area contributed by atoms with E-state index in [-0.39, 0.29) is 17.2 Å². The Balaban J connectivity index is 1.48. The summed E-state index contributed by atoms with van der Waals surface area (Å²) >= 11 is 1.27. The number of aromatic nitrogens is 4. The molecule has 0 aliphatic carbocycles. The van der Waals surface area contributed by atoms with E-state index in [1.807, 2.05) is 52.9 Å². The quantitative estimate of drug-likeness (QED) is 0.387. The minimum absolute atomic E-state index is 0.128. The van der Waals surface area contributed by atoms with E-state index in [0.29, 0.717) is 40.7 Å². The monoisotopic (exact) mass is 445 g/mol. The average Bonchev–Trinajstić information content (AvgIpc) is 3.50. The first-order valence-electron chi connectivity index (χ1n) is 10.0. The highest BCUT2D eigenvalue weighted by Crippen LogP contribution is 2.22. The van der Waals surface area contributed by atoms with Gasteiger partial charge in [0.25, 0.3) is 5.56 Å². The second kappa shape index (κ2) is 8.72. The number of thioether (sulfide) groups is 1. The largest absolute Gasteiger partial charge is 0.467 e. The van der Waals surface area contributed by atoms with Crippen LogP contribution >= 0.6 is 11.8 Å². The van der Waals surface area contributed by atoms with Crippen LogP contribution in [0.3, 0.4) is 0 Å². The number of para-hydroxylation sites is 1. The summed E-state index contributed by atoms with van der Waals surface area (Å²) in [6.45, 7) is 0.701. The van der Waals surface area contributed by atoms with Crippen LogP contribution in [0.4, 0.5) is 0 Å². The van der Waals surface area contributed by atoms with Crippen molar-refractivity contribution in [2.24, 2.45) is 0 Å². The van der Waals surface area contributed by atoms with Crippen LogP contribution in [0.2, 0.25) is 0 Å². The van der Waals surface area contributed by atoms with Gasteiger partial charge in [-0.25, -0.2) is 0 Å². The van der Waals surface area contributed by atoms with Gasteiger partial charge >= 0.3 is 0 Å². The van der Waals surface area contributed by atoms with E-state index >= 15 is 0 Å². The highest BCUT2D eigenvalue weighted by Gasteiger charge is 2.18. The molecule has 8 nitrogen and oxygen atoms in total. The van der Waals surface area contributed by atoms with Gasteiger partial charge in [-0.05, 0) is 29.8 Å². The Kier molecular flexibility index (Phi) is 5.47. The number of benzene rings is 2. The topological polar surface area (TPSA) is 94.4 Å². The predicted molar refractivity (Wildman–Crippen MR) is 122 cm³/mol. The van der Waals surface area contributed by atoms with Gasteiger partial charge in [0.1, 0.15) is 5.76 Å². The van der Waals surface area contributed by atoms with Gasteiger partial charge in [-0.3, -0.25) is 18.6 Å². The molecule has 160 valence electrons. The summed E-state index contributed by atoms with van der Waals surface area (Å²) in [5.41, 5.74) is 1.57. The van der Waals surface area contributed by atoms with Crippen LogP contribution in [-0.2, 0) is 17.9 Å². The molecule has 0 saturated carbocycles. The van der Waals surface area contributed by atoms with Crippen LogP contribution in [0.1, 0.15) is 11.3 Å². The van der Waals surface area contributed by atoms with Gasteiger partial charge in [0.2, 0.25) is 11.7 Å². The average molecular weight is 446 g/mol. The molecule has 1 amide bonds. The second-order valence-electron chi connectivity index (χ2n) is 7.16. The maximum atomic E-state index is 13.2. The third kappa shape index (κ3) is 3.90. The van der Waals surface area contributed by atoms with E-state index in [1.165, 1.54) is 11.8 Å². The number of nitrogens with one attached hydrogen (secondary N) is 1. The summed E-state index contributed by atoms with van der Waals surface area (Å²) in [5, 5.41) is 12.5. The van der Waals surface area contributed by atoms with Gasteiger partial charge in [-0.15, -0.1) is 10.2 Å². The van der Waals surface area contributed by atoms with Crippen LogP contribution in [0, 0.1) is 0 Å². The van der Waals surface area contributed by atoms with Crippen LogP contribution in [-0.4, -0.2) is 30.8 Å². The molecule has 0 aliphatic rings. The number of carbonyl (C=O) groups excluding carboxylic acids is 1. The van der Waals surface area contributed by atoms with Crippen molar-refractivity contribution in [3.05, 3.63) is 94.7 Å². The number of rotatable bonds is 7. The molecular weight excluding hydrogens is 426 g/mol. The lowest BCUT2D eigenvalue weighted by molar-refractivity contribution is -0.118. The minimum Gasteiger partial charge on any atom is -0.467 e. The van der Waals surface area contributed by atoms with E-state index in [9.17, 15) is 9.59 Å². The molecular formula is C23H19N5O3S. The minimum atomic E-state index is -0.148. The Bertz CT molecular complexity index is 1440. The van der Waals surface area contributed by atoms with E-state index in [0.717, 1.165) is 5.56 Å². The van der Waals surface area contributed by atoms with Crippen LogP contribution < -0.4 is 10.9 Å². The summed E-state index contributed by atoms with van der Waals surface area (Å²) in [5.74, 6) is 1.14. The molecule has 0 saturated heterocycles. The molecule has 9 heteroatoms. The van der Waals surface area contributed by atoms with Crippen LogP contribution in [0.25, 0.3) is 16.7 Å². The van der Waals surface area contributed by atoms with Gasteiger partial charge in [-0.2, -0.15) is 0 Å². The fourth-order valence-electron chi connectivity index (χ4n) is 3.52. The first-order valence-corrected chi connectivity index (χ1v) is 11.0. The van der Waals surface area contributed by atoms with Crippen molar-refractivity contribution in [1.29, 1.82) is 0 Å². The highest BCUT2D eigenvalue weighted by atomic mass is 32.2. The van der Waals surface area contributed by atoms with E-state index in [4.69, 9.17) is 4.42 Å². The van der Waals surface area contributed by atoms with Crippen molar-refractivity contribution in [2.75, 3.05) is 5.75 Å². The lowest BCUT2D eigenvalue weighted by Crippen LogP contribution is -2.25. The SMILES string of the molecule is O=C(CSc1nnc2n(Cc3ccccc3)c(=O)c3ccccc3n12)NCc1ccco1. The van der Waals surface area contributed by atoms with E-state index in [1.54, 1.807) is 29.0 Å². The molecule has 0 radical (unpaired) electrons. The maximum Gasteiger partial charge on any atom is 0.263 e. The lowest BCUT2D eigenvalue weighted by Gasteiger charge is -2.11. The summed E-state index contributed by atoms with van der Waals surface area (Å²) in [7, 11) is 0. The number of nitrogens with zero attached hydrogens (tertiary/aromatic N) is 4. The summed E-state index contributed by atoms with van der Waals surface area (Å²) in [6, 6.07) is 20.7. The molecule has 0 spiro atoms. The number of amides is 1. The number of fused-ring (bicyclic) bond motifs is 3. The van der Waals surface area contributed by atoms with Crippen molar-refractivity contribution in [3.8, 4) is 0 Å². The van der Waals surface area contributed by atoms with Crippen molar-refractivity contribution < 1.29 is 9.21 Å². The molecule has 2 aromatic carbocycles. The van der Waals surface area contributed by atoms with Gasteiger partial charge in [-0.1, -0.05) is 54.2 Å². The first kappa shape index (κ1) is 20.1. The first-order chi connectivity index (χ1) is 15.7. The van der Waals surface area contributed by atoms with Crippen molar-refractivity contribution in [1.82, 2.24) is 24.5 Å². The molecule has 0 unspecified atom stereocenters. The normalized spacial score (nSPS) is 11.2. The Morgan fingerprint density at radius 3 is 2.62 bits per heavy atom. The molecule has 0 atom stereocenters. The fourth-order valence-corrected chi connectivity index (χ4v) is 4.29. The highest BCUT2D eigenvalue weighted by molar-refractivity contribution is 7.99. The van der Waals surface area contributed by atoms with Gasteiger partial charge in [0.05, 0.1) is 36.0 Å². The molecule has 0 fully saturated rings. The molecule has 0 aliphatic heterocycles. The van der Waals surface area contributed by atoms with E-state index < -0.39 is 0 Å². The lowest BCUT2D eigenvalue weighted by atomic mass is 10.2. The molecule has 3 heterocycles. The smallest absolute Gasteiger partial charge is 0.263 e. The molecule has 3 aromatic heterocycles. The Hall–Kier alpha value is -3.85. The van der Waals surface area contributed by atoms with Crippen molar-refractivity contribution in [2.45, 2.75) is 18.2 Å². The third-order valence-electron chi connectivity index (χ3n) is 5.03. The molecule has 5 rings (SSSR count). The van der Waals surface area contributed by atoms with Gasteiger partial charge < -0.3 is 9.73 Å². The zero-order valence-corrected chi connectivity index (χ0v) is 17.8. The number of furan rings is 1. The third-order valence-corrected chi connectivity index (χ3v) is 5.96. The Morgan fingerprint density at radius 2 is 1.81 bits per heavy atom.